The van der Waals surface area contributed by atoms with Crippen molar-refractivity contribution in [3.8, 4) is 16.9 Å². The molecule has 224 valence electrons. The lowest BCUT2D eigenvalue weighted by atomic mass is 9.98. The van der Waals surface area contributed by atoms with Crippen LogP contribution in [-0.4, -0.2) is 83.2 Å². The highest BCUT2D eigenvalue weighted by Gasteiger charge is 2.39. The summed E-state index contributed by atoms with van der Waals surface area (Å²) in [5.74, 6) is -1.20. The van der Waals surface area contributed by atoms with Crippen LogP contribution < -0.4 is 15.3 Å². The first-order valence-corrected chi connectivity index (χ1v) is 14.7. The number of anilines is 1. The second-order valence-electron chi connectivity index (χ2n) is 11.3. The predicted molar refractivity (Wildman–Crippen MR) is 161 cm³/mol. The third kappa shape index (κ3) is 5.12. The van der Waals surface area contributed by atoms with Crippen molar-refractivity contribution >= 4 is 34.2 Å². The molecule has 4 heterocycles. The lowest BCUT2D eigenvalue weighted by Crippen LogP contribution is -2.60. The van der Waals surface area contributed by atoms with E-state index in [-0.39, 0.29) is 59.6 Å². The van der Waals surface area contributed by atoms with Crippen LogP contribution >= 0.6 is 11.6 Å². The van der Waals surface area contributed by atoms with Gasteiger partial charge in [0.15, 0.2) is 5.75 Å². The van der Waals surface area contributed by atoms with Gasteiger partial charge in [-0.05, 0) is 57.1 Å². The molecule has 2 unspecified atom stereocenters. The fourth-order valence-electron chi connectivity index (χ4n) is 6.35. The summed E-state index contributed by atoms with van der Waals surface area (Å²) < 4.78 is 36.9. The van der Waals surface area contributed by atoms with Gasteiger partial charge in [0.25, 0.3) is 0 Å². The second kappa shape index (κ2) is 11.6. The zero-order valence-corrected chi connectivity index (χ0v) is 24.5. The van der Waals surface area contributed by atoms with Crippen LogP contribution in [0.3, 0.4) is 0 Å². The van der Waals surface area contributed by atoms with Crippen LogP contribution in [0.1, 0.15) is 25.8 Å². The molecule has 0 radical (unpaired) electrons. The molecule has 3 aliphatic rings. The molecular weight excluding hydrogens is 578 g/mol. The van der Waals surface area contributed by atoms with Crippen LogP contribution in [0.25, 0.3) is 26.9 Å². The molecule has 43 heavy (non-hydrogen) atoms. The zero-order valence-electron chi connectivity index (χ0n) is 23.7. The van der Waals surface area contributed by atoms with Crippen molar-refractivity contribution < 1.29 is 18.3 Å². The van der Waals surface area contributed by atoms with E-state index in [1.807, 2.05) is 11.8 Å². The van der Waals surface area contributed by atoms with E-state index < -0.39 is 23.4 Å². The van der Waals surface area contributed by atoms with Crippen molar-refractivity contribution in [1.29, 1.82) is 0 Å². The molecule has 3 aromatic rings. The smallest absolute Gasteiger partial charge is 0.350 e. The number of carbonyl (C=O) groups excluding carboxylic acids is 1. The van der Waals surface area contributed by atoms with Gasteiger partial charge in [0.2, 0.25) is 12.5 Å². The van der Waals surface area contributed by atoms with E-state index in [0.717, 1.165) is 38.2 Å². The number of nitrogens with zero attached hydrogens (tertiary/aromatic N) is 6. The average molecular weight is 609 g/mol. The molecule has 3 aliphatic heterocycles. The Kier molecular flexibility index (Phi) is 7.83. The summed E-state index contributed by atoms with van der Waals surface area (Å²) in [4.78, 5) is 40.5. The highest BCUT2D eigenvalue weighted by atomic mass is 35.5. The average Bonchev–Trinajstić information content (AvgIpc) is 2.95. The van der Waals surface area contributed by atoms with Crippen LogP contribution in [0.15, 0.2) is 41.7 Å². The highest BCUT2D eigenvalue weighted by Crippen LogP contribution is 2.47. The van der Waals surface area contributed by atoms with Crippen molar-refractivity contribution in [2.24, 2.45) is 0 Å². The molecule has 0 spiro atoms. The number of aromatic nitrogens is 2. The molecule has 2 saturated heterocycles. The summed E-state index contributed by atoms with van der Waals surface area (Å²) in [6.45, 7) is 16.6. The van der Waals surface area contributed by atoms with Gasteiger partial charge >= 0.3 is 5.69 Å². The number of benzene rings is 2. The second-order valence-corrected chi connectivity index (χ2v) is 11.7. The summed E-state index contributed by atoms with van der Waals surface area (Å²) in [6.07, 6.45) is 3.04. The maximum atomic E-state index is 15.1. The Labute approximate surface area is 252 Å². The lowest BCUT2D eigenvalue weighted by Gasteiger charge is -2.44. The normalized spacial score (nSPS) is 21.7. The van der Waals surface area contributed by atoms with Crippen LogP contribution in [-0.2, 0) is 4.79 Å². The lowest BCUT2D eigenvalue weighted by molar-refractivity contribution is -0.128. The molecule has 0 bridgehead atoms. The monoisotopic (exact) mass is 608 g/mol. The van der Waals surface area contributed by atoms with E-state index in [1.54, 1.807) is 15.5 Å². The SMILES string of the molecule is [C-]#[N+]C[C@H]1CN(c2nc(=O)n3c4c(c(-c5ccc(F)cc5F)c(Cl)cc24)OCC3CCN2CCC2)C(C)CN1C(=O)C=C. The van der Waals surface area contributed by atoms with Gasteiger partial charge in [0, 0.05) is 48.3 Å². The predicted octanol–water partition coefficient (Wildman–Crippen LogP) is 4.54. The van der Waals surface area contributed by atoms with Gasteiger partial charge < -0.3 is 24.3 Å². The molecule has 0 saturated carbocycles. The molecule has 2 fully saturated rings. The number of carbonyl (C=O) groups is 1. The van der Waals surface area contributed by atoms with Crippen LogP contribution in [0.5, 0.6) is 5.75 Å². The molecule has 0 N–H and O–H groups in total. The van der Waals surface area contributed by atoms with Crippen LogP contribution in [0.4, 0.5) is 14.6 Å². The standard InChI is InChI=1S/C31H31ClF2N6O3/c1-4-26(41)39-15-18(2)38(16-21(39)14-35-3)30-23-13-24(32)27(22-7-6-19(33)12-25(22)34)29-28(23)40(31(42)36-30)20(17-43-29)8-11-37-9-5-10-37/h4,6-7,12-13,18,20-21H,1,5,8-11,14-17H2,2H3/t18?,20?,21-/m0/s1. The number of rotatable bonds is 7. The van der Waals surface area contributed by atoms with E-state index in [2.05, 4.69) is 21.3 Å². The zero-order chi connectivity index (χ0) is 30.4. The van der Waals surface area contributed by atoms with E-state index >= 15 is 4.39 Å². The van der Waals surface area contributed by atoms with E-state index in [4.69, 9.17) is 22.9 Å². The van der Waals surface area contributed by atoms with Gasteiger partial charge in [0.1, 0.15) is 30.1 Å². The fraction of sp³-hybridized carbons (Fsp3) is 0.419. The molecule has 6 rings (SSSR count). The highest BCUT2D eigenvalue weighted by molar-refractivity contribution is 6.35. The molecular formula is C31H31ClF2N6O3. The third-order valence-corrected chi connectivity index (χ3v) is 8.98. The summed E-state index contributed by atoms with van der Waals surface area (Å²) in [5, 5.41) is 0.697. The molecule has 1 amide bonds. The Hall–Kier alpha value is -4.01. The summed E-state index contributed by atoms with van der Waals surface area (Å²) in [7, 11) is 0. The minimum atomic E-state index is -0.803. The first-order chi connectivity index (χ1) is 20.7. The Morgan fingerprint density at radius 1 is 1.26 bits per heavy atom. The van der Waals surface area contributed by atoms with Crippen molar-refractivity contribution in [3.05, 3.63) is 75.5 Å². The van der Waals surface area contributed by atoms with Crippen LogP contribution in [0.2, 0.25) is 5.02 Å². The topological polar surface area (TPSA) is 75.3 Å². The first-order valence-electron chi connectivity index (χ1n) is 14.3. The number of likely N-dealkylation sites (tertiary alicyclic amines) is 1. The molecule has 9 nitrogen and oxygen atoms in total. The summed E-state index contributed by atoms with van der Waals surface area (Å²) in [5.41, 5.74) is 0.253. The van der Waals surface area contributed by atoms with E-state index in [0.29, 0.717) is 29.7 Å². The van der Waals surface area contributed by atoms with Gasteiger partial charge in [-0.25, -0.2) is 20.1 Å². The number of amides is 1. The Morgan fingerprint density at radius 3 is 2.72 bits per heavy atom. The Bertz CT molecular complexity index is 1720. The number of ether oxygens (including phenoxy) is 1. The molecule has 3 atom stereocenters. The van der Waals surface area contributed by atoms with Gasteiger partial charge in [-0.3, -0.25) is 9.36 Å². The van der Waals surface area contributed by atoms with Crippen molar-refractivity contribution in [3.63, 3.8) is 0 Å². The maximum absolute atomic E-state index is 15.1. The molecule has 0 aliphatic carbocycles. The van der Waals surface area contributed by atoms with Crippen LogP contribution in [0, 0.1) is 18.2 Å². The third-order valence-electron chi connectivity index (χ3n) is 8.68. The minimum absolute atomic E-state index is 0.0572. The van der Waals surface area contributed by atoms with Crippen molar-refractivity contribution in [1.82, 2.24) is 19.4 Å². The summed E-state index contributed by atoms with van der Waals surface area (Å²) in [6, 6.07) is 3.87. The largest absolute Gasteiger partial charge is 0.488 e. The van der Waals surface area contributed by atoms with Gasteiger partial charge in [-0.15, -0.1) is 0 Å². The summed E-state index contributed by atoms with van der Waals surface area (Å²) >= 11 is 6.84. The Morgan fingerprint density at radius 2 is 2.05 bits per heavy atom. The number of hydrogen-bond donors (Lipinski definition) is 0. The van der Waals surface area contributed by atoms with Gasteiger partial charge in [-0.2, -0.15) is 4.98 Å². The fourth-order valence-corrected chi connectivity index (χ4v) is 6.65. The minimum Gasteiger partial charge on any atom is -0.488 e. The number of hydrogen-bond acceptors (Lipinski definition) is 6. The van der Waals surface area contributed by atoms with Crippen molar-refractivity contribution in [2.75, 3.05) is 50.8 Å². The van der Waals surface area contributed by atoms with E-state index in [1.165, 1.54) is 12.1 Å². The molecule has 2 aromatic carbocycles. The number of halogens is 3. The first kappa shape index (κ1) is 29.1. The van der Waals surface area contributed by atoms with E-state index in [9.17, 15) is 14.0 Å². The quantitative estimate of drug-likeness (QED) is 0.290. The van der Waals surface area contributed by atoms with Gasteiger partial charge in [-0.1, -0.05) is 18.2 Å². The Balaban J connectivity index is 1.54. The maximum Gasteiger partial charge on any atom is 0.350 e. The number of piperazine rings is 1. The molecule has 1 aromatic heterocycles. The van der Waals surface area contributed by atoms with Gasteiger partial charge in [0.05, 0.1) is 16.6 Å². The molecule has 12 heteroatoms. The van der Waals surface area contributed by atoms with Crippen molar-refractivity contribution in [2.45, 2.75) is 37.9 Å².